The van der Waals surface area contributed by atoms with Crippen LogP contribution in [0, 0.1) is 0 Å². The Bertz CT molecular complexity index is 572. The molecule has 0 amide bonds. The number of hydrogen-bond donors (Lipinski definition) is 0. The average Bonchev–Trinajstić information content (AvgIpc) is 2.52. The SMILES string of the molecule is COC(=O)c1ccc(C(CCCBr)C(=NN(C)C)C(F)(F)F)cc1. The Kier molecular flexibility index (Phi) is 7.72. The summed E-state index contributed by atoms with van der Waals surface area (Å²) in [5, 5.41) is 5.41. The Balaban J connectivity index is 3.26. The highest BCUT2D eigenvalue weighted by Gasteiger charge is 2.41. The number of nitrogens with zero attached hydrogens (tertiary/aromatic N) is 2. The molecule has 1 aromatic carbocycles. The highest BCUT2D eigenvalue weighted by atomic mass is 79.9. The predicted octanol–water partition coefficient (Wildman–Crippen LogP) is 4.21. The topological polar surface area (TPSA) is 41.9 Å². The predicted molar refractivity (Wildman–Crippen MR) is 90.7 cm³/mol. The number of methoxy groups -OCH3 is 1. The van der Waals surface area contributed by atoms with Gasteiger partial charge >= 0.3 is 12.1 Å². The number of benzene rings is 1. The Hall–Kier alpha value is -1.57. The van der Waals surface area contributed by atoms with Crippen molar-refractivity contribution in [2.45, 2.75) is 24.9 Å². The lowest BCUT2D eigenvalue weighted by atomic mass is 9.89. The van der Waals surface area contributed by atoms with Gasteiger partial charge in [0.15, 0.2) is 0 Å². The summed E-state index contributed by atoms with van der Waals surface area (Å²) < 4.78 is 45.0. The molecule has 0 aliphatic heterocycles. The molecule has 0 saturated heterocycles. The van der Waals surface area contributed by atoms with Crippen molar-refractivity contribution in [3.05, 3.63) is 35.4 Å². The van der Waals surface area contributed by atoms with Crippen molar-refractivity contribution in [1.82, 2.24) is 5.01 Å². The maximum absolute atomic E-state index is 13.5. The maximum atomic E-state index is 13.5. The number of hydrazone groups is 1. The minimum absolute atomic E-state index is 0.287. The standard InChI is InChI=1S/C16H20BrF3N2O2/c1-22(2)21-14(16(18,19)20)13(5-4-10-17)11-6-8-12(9-7-11)15(23)24-3/h6-9,13H,4-5,10H2,1-3H3. The van der Waals surface area contributed by atoms with Crippen molar-refractivity contribution < 1.29 is 22.7 Å². The number of halogens is 4. The quantitative estimate of drug-likeness (QED) is 0.293. The third-order valence-electron chi connectivity index (χ3n) is 3.29. The minimum atomic E-state index is -4.54. The van der Waals surface area contributed by atoms with Crippen molar-refractivity contribution >= 4 is 27.6 Å². The minimum Gasteiger partial charge on any atom is -0.465 e. The lowest BCUT2D eigenvalue weighted by Gasteiger charge is -2.23. The molecular weight excluding hydrogens is 389 g/mol. The van der Waals surface area contributed by atoms with Crippen LogP contribution in [0.15, 0.2) is 29.4 Å². The van der Waals surface area contributed by atoms with E-state index in [1.807, 2.05) is 0 Å². The summed E-state index contributed by atoms with van der Waals surface area (Å²) in [5.74, 6) is -1.44. The van der Waals surface area contributed by atoms with Gasteiger partial charge in [0.1, 0.15) is 5.71 Å². The van der Waals surface area contributed by atoms with Crippen LogP contribution in [0.4, 0.5) is 13.2 Å². The molecule has 0 N–H and O–H groups in total. The molecule has 134 valence electrons. The molecule has 1 aromatic rings. The van der Waals surface area contributed by atoms with Crippen LogP contribution < -0.4 is 0 Å². The van der Waals surface area contributed by atoms with E-state index < -0.39 is 23.8 Å². The van der Waals surface area contributed by atoms with Gasteiger partial charge in [-0.2, -0.15) is 18.3 Å². The van der Waals surface area contributed by atoms with Gasteiger partial charge in [0, 0.05) is 25.3 Å². The number of hydrogen-bond acceptors (Lipinski definition) is 4. The van der Waals surface area contributed by atoms with Gasteiger partial charge in [-0.1, -0.05) is 28.1 Å². The third-order valence-corrected chi connectivity index (χ3v) is 3.85. The van der Waals surface area contributed by atoms with Gasteiger partial charge in [-0.15, -0.1) is 0 Å². The van der Waals surface area contributed by atoms with E-state index in [0.29, 0.717) is 22.9 Å². The molecule has 8 heteroatoms. The van der Waals surface area contributed by atoms with Gasteiger partial charge in [0.2, 0.25) is 0 Å². The van der Waals surface area contributed by atoms with Crippen LogP contribution in [0.25, 0.3) is 0 Å². The van der Waals surface area contributed by atoms with E-state index in [1.54, 1.807) is 0 Å². The molecule has 0 spiro atoms. The van der Waals surface area contributed by atoms with Crippen LogP contribution in [-0.4, -0.2) is 49.4 Å². The van der Waals surface area contributed by atoms with E-state index in [-0.39, 0.29) is 6.42 Å². The smallest absolute Gasteiger partial charge is 0.431 e. The highest BCUT2D eigenvalue weighted by Crippen LogP contribution is 2.33. The molecule has 0 heterocycles. The molecule has 24 heavy (non-hydrogen) atoms. The average molecular weight is 409 g/mol. The normalized spacial score (nSPS) is 13.5. The van der Waals surface area contributed by atoms with Crippen LogP contribution in [0.1, 0.15) is 34.7 Å². The molecule has 0 bridgehead atoms. The second-order valence-electron chi connectivity index (χ2n) is 5.33. The molecule has 0 saturated carbocycles. The third kappa shape index (κ3) is 5.81. The van der Waals surface area contributed by atoms with E-state index in [4.69, 9.17) is 0 Å². The van der Waals surface area contributed by atoms with Crippen molar-refractivity contribution in [3.63, 3.8) is 0 Å². The fourth-order valence-corrected chi connectivity index (χ4v) is 2.58. The number of ether oxygens (including phenoxy) is 1. The van der Waals surface area contributed by atoms with E-state index in [1.165, 1.54) is 45.5 Å². The van der Waals surface area contributed by atoms with Gasteiger partial charge in [0.05, 0.1) is 12.7 Å². The monoisotopic (exact) mass is 408 g/mol. The summed E-state index contributed by atoms with van der Waals surface area (Å²) in [7, 11) is 4.15. The second kappa shape index (κ2) is 9.05. The Morgan fingerprint density at radius 1 is 1.29 bits per heavy atom. The number of carbonyl (C=O) groups is 1. The Labute approximate surface area is 147 Å². The molecule has 0 aliphatic carbocycles. The summed E-state index contributed by atoms with van der Waals surface area (Å²) >= 11 is 3.25. The van der Waals surface area contributed by atoms with Crippen molar-refractivity contribution in [1.29, 1.82) is 0 Å². The second-order valence-corrected chi connectivity index (χ2v) is 6.12. The highest BCUT2D eigenvalue weighted by molar-refractivity contribution is 9.09. The number of carbonyl (C=O) groups excluding carboxylic acids is 1. The first-order valence-electron chi connectivity index (χ1n) is 7.28. The first-order chi connectivity index (χ1) is 11.2. The van der Waals surface area contributed by atoms with Crippen LogP contribution in [0.2, 0.25) is 0 Å². The summed E-state index contributed by atoms with van der Waals surface area (Å²) in [5.41, 5.74) is -0.0978. The van der Waals surface area contributed by atoms with E-state index >= 15 is 0 Å². The molecule has 0 aliphatic rings. The number of rotatable bonds is 7. The van der Waals surface area contributed by atoms with Crippen LogP contribution in [0.5, 0.6) is 0 Å². The molecule has 0 aromatic heterocycles. The van der Waals surface area contributed by atoms with Crippen LogP contribution >= 0.6 is 15.9 Å². The summed E-state index contributed by atoms with van der Waals surface area (Å²) in [4.78, 5) is 11.5. The Morgan fingerprint density at radius 2 is 1.88 bits per heavy atom. The van der Waals surface area contributed by atoms with E-state index in [2.05, 4.69) is 25.8 Å². The number of alkyl halides is 4. The zero-order valence-electron chi connectivity index (χ0n) is 13.7. The fraction of sp³-hybridized carbons (Fsp3) is 0.500. The van der Waals surface area contributed by atoms with Gasteiger partial charge < -0.3 is 9.75 Å². The zero-order valence-corrected chi connectivity index (χ0v) is 15.3. The first kappa shape index (κ1) is 20.5. The summed E-state index contributed by atoms with van der Waals surface area (Å²) in [6.45, 7) is 0. The zero-order chi connectivity index (χ0) is 18.3. The van der Waals surface area contributed by atoms with Gasteiger partial charge in [-0.05, 0) is 30.5 Å². The van der Waals surface area contributed by atoms with E-state index in [9.17, 15) is 18.0 Å². The molecule has 1 atom stereocenters. The van der Waals surface area contributed by atoms with E-state index in [0.717, 1.165) is 5.01 Å². The largest absolute Gasteiger partial charge is 0.465 e. The molecule has 1 rings (SSSR count). The molecule has 0 fully saturated rings. The lowest BCUT2D eigenvalue weighted by Crippen LogP contribution is -2.32. The fourth-order valence-electron chi connectivity index (χ4n) is 2.25. The lowest BCUT2D eigenvalue weighted by molar-refractivity contribution is -0.0628. The van der Waals surface area contributed by atoms with Crippen LogP contribution in [0.3, 0.4) is 0 Å². The molecule has 1 unspecified atom stereocenters. The van der Waals surface area contributed by atoms with Crippen molar-refractivity contribution in [3.8, 4) is 0 Å². The summed E-state index contributed by atoms with van der Waals surface area (Å²) in [6, 6.07) is 5.96. The van der Waals surface area contributed by atoms with Crippen LogP contribution in [-0.2, 0) is 4.74 Å². The molecular formula is C16H20BrF3N2O2. The van der Waals surface area contributed by atoms with Gasteiger partial charge in [0.25, 0.3) is 0 Å². The Morgan fingerprint density at radius 3 is 2.29 bits per heavy atom. The van der Waals surface area contributed by atoms with Crippen molar-refractivity contribution in [2.75, 3.05) is 26.5 Å². The molecule has 4 nitrogen and oxygen atoms in total. The summed E-state index contributed by atoms with van der Waals surface area (Å²) in [6.07, 6.45) is -3.69. The number of esters is 1. The van der Waals surface area contributed by atoms with Gasteiger partial charge in [-0.25, -0.2) is 4.79 Å². The molecule has 0 radical (unpaired) electrons. The maximum Gasteiger partial charge on any atom is 0.431 e. The first-order valence-corrected chi connectivity index (χ1v) is 8.40. The van der Waals surface area contributed by atoms with Gasteiger partial charge in [-0.3, -0.25) is 0 Å². The van der Waals surface area contributed by atoms with Crippen molar-refractivity contribution in [2.24, 2.45) is 5.10 Å².